The second-order valence-electron chi connectivity index (χ2n) is 6.76. The van der Waals surface area contributed by atoms with Gasteiger partial charge in [0.15, 0.2) is 5.82 Å². The molecule has 0 unspecified atom stereocenters. The lowest BCUT2D eigenvalue weighted by Crippen LogP contribution is -2.23. The summed E-state index contributed by atoms with van der Waals surface area (Å²) in [5.74, 6) is 0.245. The van der Waals surface area contributed by atoms with Crippen LogP contribution in [0, 0.1) is 5.82 Å². The molecule has 0 atom stereocenters. The summed E-state index contributed by atoms with van der Waals surface area (Å²) in [6, 6.07) is 3.06. The molecule has 1 saturated carbocycles. The molecule has 0 saturated heterocycles. The summed E-state index contributed by atoms with van der Waals surface area (Å²) >= 11 is 0. The van der Waals surface area contributed by atoms with Crippen molar-refractivity contribution in [2.75, 3.05) is 12.4 Å². The lowest BCUT2D eigenvalue weighted by atomic mass is 10.0. The van der Waals surface area contributed by atoms with Crippen molar-refractivity contribution in [1.29, 1.82) is 0 Å². The van der Waals surface area contributed by atoms with Crippen molar-refractivity contribution in [3.05, 3.63) is 53.9 Å². The van der Waals surface area contributed by atoms with Crippen LogP contribution in [0.4, 0.5) is 15.9 Å². The summed E-state index contributed by atoms with van der Waals surface area (Å²) < 4.78 is 18.8. The van der Waals surface area contributed by atoms with Gasteiger partial charge in [-0.05, 0) is 31.4 Å². The van der Waals surface area contributed by atoms with Gasteiger partial charge in [-0.25, -0.2) is 24.3 Å². The van der Waals surface area contributed by atoms with Crippen molar-refractivity contribution in [2.24, 2.45) is 27.2 Å². The first-order valence-electron chi connectivity index (χ1n) is 8.82. The minimum Gasteiger partial charge on any atom is -0.479 e. The molecule has 152 valence electrons. The minimum absolute atomic E-state index is 0.104. The number of nitrogens with two attached hydrogens (primary N) is 3. The van der Waals surface area contributed by atoms with Gasteiger partial charge in [-0.2, -0.15) is 0 Å². The van der Waals surface area contributed by atoms with E-state index in [-0.39, 0.29) is 17.5 Å². The summed E-state index contributed by atoms with van der Waals surface area (Å²) in [5, 5.41) is 3.01. The van der Waals surface area contributed by atoms with E-state index in [1.54, 1.807) is 13.1 Å². The molecule has 7 N–H and O–H groups in total. The highest BCUT2D eigenvalue weighted by Crippen LogP contribution is 2.43. The molecule has 0 aromatic carbocycles. The van der Waals surface area contributed by atoms with Crippen LogP contribution in [-0.2, 0) is 5.54 Å². The van der Waals surface area contributed by atoms with E-state index in [0.717, 1.165) is 18.4 Å². The lowest BCUT2D eigenvalue weighted by molar-refractivity contribution is 0.369. The summed E-state index contributed by atoms with van der Waals surface area (Å²) in [4.78, 5) is 16.5. The Balaban J connectivity index is 2.01. The number of nitrogens with zero attached hydrogens (tertiary/aromatic N) is 4. The van der Waals surface area contributed by atoms with Crippen molar-refractivity contribution in [1.82, 2.24) is 9.97 Å². The monoisotopic (exact) mass is 398 g/mol. The predicted octanol–water partition coefficient (Wildman–Crippen LogP) is 1.87. The SMILES string of the molecule is C=C(N)N=C(C)N=C(N)c1cc(C2(N)CC2)cnc1Nc1cnc(OC)c(F)c1. The first-order chi connectivity index (χ1) is 13.7. The summed E-state index contributed by atoms with van der Waals surface area (Å²) in [6.45, 7) is 5.15. The van der Waals surface area contributed by atoms with Crippen molar-refractivity contribution in [2.45, 2.75) is 25.3 Å². The summed E-state index contributed by atoms with van der Waals surface area (Å²) in [5.41, 5.74) is 19.3. The van der Waals surface area contributed by atoms with E-state index in [4.69, 9.17) is 21.9 Å². The molecule has 0 spiro atoms. The van der Waals surface area contributed by atoms with Gasteiger partial charge in [0.25, 0.3) is 0 Å². The van der Waals surface area contributed by atoms with Crippen LogP contribution < -0.4 is 27.3 Å². The van der Waals surface area contributed by atoms with Crippen molar-refractivity contribution in [3.63, 3.8) is 0 Å². The van der Waals surface area contributed by atoms with Crippen LogP contribution in [0.2, 0.25) is 0 Å². The topological polar surface area (TPSA) is 150 Å². The van der Waals surface area contributed by atoms with Crippen molar-refractivity contribution in [3.8, 4) is 5.88 Å². The number of halogens is 1. The van der Waals surface area contributed by atoms with Gasteiger partial charge in [0.1, 0.15) is 23.3 Å². The second kappa shape index (κ2) is 7.84. The quantitative estimate of drug-likeness (QED) is 0.428. The van der Waals surface area contributed by atoms with E-state index in [0.29, 0.717) is 22.9 Å². The number of methoxy groups -OCH3 is 1. The summed E-state index contributed by atoms with van der Waals surface area (Å²) in [7, 11) is 1.34. The van der Waals surface area contributed by atoms with Crippen molar-refractivity contribution < 1.29 is 9.13 Å². The smallest absolute Gasteiger partial charge is 0.250 e. The fraction of sp³-hybridized carbons (Fsp3) is 0.263. The molecule has 1 aliphatic carbocycles. The predicted molar refractivity (Wildman–Crippen MR) is 111 cm³/mol. The number of aromatic nitrogens is 2. The number of nitrogens with one attached hydrogen (secondary N) is 1. The molecule has 0 bridgehead atoms. The van der Waals surface area contributed by atoms with E-state index < -0.39 is 11.4 Å². The van der Waals surface area contributed by atoms with Gasteiger partial charge in [0, 0.05) is 17.8 Å². The average molecular weight is 398 g/mol. The van der Waals surface area contributed by atoms with E-state index in [2.05, 4.69) is 31.8 Å². The molecule has 0 aliphatic heterocycles. The zero-order chi connectivity index (χ0) is 21.2. The number of ether oxygens (including phenoxy) is 1. The minimum atomic E-state index is -0.611. The lowest BCUT2D eigenvalue weighted by Gasteiger charge is -2.15. The Hall–Kier alpha value is -3.53. The van der Waals surface area contributed by atoms with E-state index in [1.165, 1.54) is 19.4 Å². The molecule has 1 aliphatic rings. The number of rotatable bonds is 6. The van der Waals surface area contributed by atoms with E-state index >= 15 is 0 Å². The third-order valence-electron chi connectivity index (χ3n) is 4.38. The molecule has 9 nitrogen and oxygen atoms in total. The van der Waals surface area contributed by atoms with Gasteiger partial charge in [0.2, 0.25) is 5.88 Å². The Bertz CT molecular complexity index is 1010. The zero-order valence-corrected chi connectivity index (χ0v) is 16.2. The molecular formula is C19H23FN8O. The van der Waals surface area contributed by atoms with Gasteiger partial charge < -0.3 is 27.3 Å². The number of amidine groups is 2. The van der Waals surface area contributed by atoms with Crippen LogP contribution >= 0.6 is 0 Å². The Kier molecular flexibility index (Phi) is 5.46. The number of hydrogen-bond acceptors (Lipinski definition) is 7. The standard InChI is InChI=1S/C19H23FN8O/c1-10(21)26-11(2)27-16(22)14-6-12(19(23)4-5-19)8-24-17(14)28-13-7-15(20)18(29-3)25-9-13/h6-9H,1,4-5,21,23H2,2-3H3,(H,24,28)(H2,22,26,27). The van der Waals surface area contributed by atoms with Gasteiger partial charge in [-0.15, -0.1) is 0 Å². The maximum absolute atomic E-state index is 14.0. The maximum atomic E-state index is 14.0. The van der Waals surface area contributed by atoms with Crippen LogP contribution in [-0.4, -0.2) is 28.7 Å². The molecular weight excluding hydrogens is 375 g/mol. The Morgan fingerprint density at radius 3 is 2.55 bits per heavy atom. The third kappa shape index (κ3) is 4.66. The summed E-state index contributed by atoms with van der Waals surface area (Å²) in [6.07, 6.45) is 4.81. The molecule has 1 fully saturated rings. The number of hydrogen-bond donors (Lipinski definition) is 4. The van der Waals surface area contributed by atoms with Gasteiger partial charge >= 0.3 is 0 Å². The average Bonchev–Trinajstić information content (AvgIpc) is 3.40. The molecule has 10 heteroatoms. The zero-order valence-electron chi connectivity index (χ0n) is 16.2. The second-order valence-corrected chi connectivity index (χ2v) is 6.76. The normalized spacial score (nSPS) is 15.7. The van der Waals surface area contributed by atoms with E-state index in [9.17, 15) is 4.39 Å². The molecule has 2 aromatic rings. The van der Waals surface area contributed by atoms with E-state index in [1.807, 2.05) is 6.07 Å². The Labute approximate surface area is 167 Å². The molecule has 2 heterocycles. The van der Waals surface area contributed by atoms with Crippen LogP contribution in [0.5, 0.6) is 5.88 Å². The van der Waals surface area contributed by atoms with Gasteiger partial charge in [-0.1, -0.05) is 6.58 Å². The molecule has 0 radical (unpaired) electrons. The fourth-order valence-corrected chi connectivity index (χ4v) is 2.70. The highest BCUT2D eigenvalue weighted by Gasteiger charge is 2.40. The molecule has 2 aromatic heterocycles. The van der Waals surface area contributed by atoms with Crippen LogP contribution in [0.3, 0.4) is 0 Å². The largest absolute Gasteiger partial charge is 0.479 e. The van der Waals surface area contributed by atoms with Crippen LogP contribution in [0.15, 0.2) is 46.9 Å². The molecule has 29 heavy (non-hydrogen) atoms. The van der Waals surface area contributed by atoms with Gasteiger partial charge in [-0.3, -0.25) is 0 Å². The van der Waals surface area contributed by atoms with Crippen LogP contribution in [0.25, 0.3) is 0 Å². The molecule has 0 amide bonds. The first-order valence-corrected chi connectivity index (χ1v) is 8.82. The van der Waals surface area contributed by atoms with Crippen molar-refractivity contribution >= 4 is 23.2 Å². The van der Waals surface area contributed by atoms with Crippen LogP contribution in [0.1, 0.15) is 30.9 Å². The van der Waals surface area contributed by atoms with Gasteiger partial charge in [0.05, 0.1) is 24.6 Å². The molecule has 3 rings (SSSR count). The maximum Gasteiger partial charge on any atom is 0.250 e. The number of anilines is 2. The number of aliphatic imine (C=N–C) groups is 2. The Morgan fingerprint density at radius 1 is 1.24 bits per heavy atom. The fourth-order valence-electron chi connectivity index (χ4n) is 2.70. The number of pyridine rings is 2. The highest BCUT2D eigenvalue weighted by molar-refractivity contribution is 6.08. The third-order valence-corrected chi connectivity index (χ3v) is 4.38. The Morgan fingerprint density at radius 2 is 1.97 bits per heavy atom. The highest BCUT2D eigenvalue weighted by atomic mass is 19.1. The first kappa shape index (κ1) is 20.2.